The number of aliphatic hydroxyl groups excluding tert-OH is 2. The summed E-state index contributed by atoms with van der Waals surface area (Å²) in [6.07, 6.45) is 68.6. The first-order valence-electron chi connectivity index (χ1n) is 32.2. The molecule has 0 aromatic carbocycles. The van der Waals surface area contributed by atoms with Gasteiger partial charge in [0.15, 0.2) is 24.6 Å². The Morgan fingerprint density at radius 3 is 1.22 bits per heavy atom. The number of carbonyl (C=O) groups excluding carboxylic acids is 3. The molecule has 6 atom stereocenters. The third-order valence-corrected chi connectivity index (χ3v) is 13.7. The van der Waals surface area contributed by atoms with E-state index in [1.807, 2.05) is 18.2 Å². The zero-order valence-corrected chi connectivity index (χ0v) is 51.6. The van der Waals surface area contributed by atoms with Gasteiger partial charge in [-0.25, -0.2) is 4.79 Å². The number of carbonyl (C=O) groups is 4. The molecule has 1 fully saturated rings. The second-order valence-electron chi connectivity index (χ2n) is 21.3. The number of ether oxygens (including phenoxy) is 5. The maximum atomic E-state index is 13.1. The SMILES string of the molecule is CC/C=C\C/C=C\C/C=C\C/C=C\C/C=C\CC(=O)OC(COC(=O)CCCCCCCC/C=C\C/C=C\C/C=C\C/C=C\CC)COC1OC(C(=O)O)C(O)C(O)C1OC(=O)CCCCCCCCCCC/C=C\C/C=C\CCCCC. The molecule has 6 unspecified atom stereocenters. The first-order chi connectivity index (χ1) is 40.6. The third kappa shape index (κ3) is 46.9. The van der Waals surface area contributed by atoms with Crippen molar-refractivity contribution in [2.45, 2.75) is 276 Å². The van der Waals surface area contributed by atoms with Crippen molar-refractivity contribution in [1.82, 2.24) is 0 Å². The summed E-state index contributed by atoms with van der Waals surface area (Å²) < 4.78 is 28.4. The van der Waals surface area contributed by atoms with Gasteiger partial charge in [-0.2, -0.15) is 0 Å². The molecule has 12 heteroatoms. The van der Waals surface area contributed by atoms with Gasteiger partial charge in [-0.1, -0.05) is 238 Å². The van der Waals surface area contributed by atoms with E-state index >= 15 is 0 Å². The summed E-state index contributed by atoms with van der Waals surface area (Å²) in [4.78, 5) is 51.3. The number of carboxylic acid groups (broad SMARTS) is 1. The van der Waals surface area contributed by atoms with E-state index in [2.05, 4.69) is 130 Å². The van der Waals surface area contributed by atoms with Crippen LogP contribution in [0.4, 0.5) is 0 Å². The molecule has 1 aliphatic heterocycles. The van der Waals surface area contributed by atoms with Crippen LogP contribution in [0, 0.1) is 0 Å². The molecule has 12 nitrogen and oxygen atoms in total. The molecule has 0 aromatic rings. The van der Waals surface area contributed by atoms with Crippen molar-refractivity contribution in [3.05, 3.63) is 134 Å². The zero-order valence-electron chi connectivity index (χ0n) is 51.6. The smallest absolute Gasteiger partial charge is 0.335 e. The molecule has 468 valence electrons. The van der Waals surface area contributed by atoms with Crippen LogP contribution in [-0.2, 0) is 42.9 Å². The predicted molar refractivity (Wildman–Crippen MR) is 340 cm³/mol. The van der Waals surface area contributed by atoms with Crippen molar-refractivity contribution in [2.24, 2.45) is 0 Å². The highest BCUT2D eigenvalue weighted by Gasteiger charge is 2.50. The number of hydrogen-bond donors (Lipinski definition) is 3. The van der Waals surface area contributed by atoms with Crippen molar-refractivity contribution >= 4 is 23.9 Å². The van der Waals surface area contributed by atoms with Crippen molar-refractivity contribution in [3.8, 4) is 0 Å². The highest BCUT2D eigenvalue weighted by Crippen LogP contribution is 2.26. The molecule has 0 bridgehead atoms. The summed E-state index contributed by atoms with van der Waals surface area (Å²) in [6.45, 7) is 5.65. The van der Waals surface area contributed by atoms with Gasteiger partial charge in [-0.05, 0) is 116 Å². The lowest BCUT2D eigenvalue weighted by molar-refractivity contribution is -0.301. The molecule has 0 aliphatic carbocycles. The van der Waals surface area contributed by atoms with Crippen LogP contribution in [0.3, 0.4) is 0 Å². The van der Waals surface area contributed by atoms with E-state index in [0.29, 0.717) is 19.3 Å². The average Bonchev–Trinajstić information content (AvgIpc) is 3.60. The fourth-order valence-electron chi connectivity index (χ4n) is 8.88. The van der Waals surface area contributed by atoms with Crippen LogP contribution in [0.5, 0.6) is 0 Å². The minimum absolute atomic E-state index is 0.0369. The lowest BCUT2D eigenvalue weighted by atomic mass is 9.98. The molecule has 0 amide bonds. The van der Waals surface area contributed by atoms with Gasteiger partial charge in [0.2, 0.25) is 0 Å². The van der Waals surface area contributed by atoms with E-state index in [4.69, 9.17) is 23.7 Å². The fraction of sp³-hybridized carbons (Fsp3) is 0.634. The van der Waals surface area contributed by atoms with Gasteiger partial charge in [-0.3, -0.25) is 14.4 Å². The molecule has 0 spiro atoms. The molecule has 83 heavy (non-hydrogen) atoms. The monoisotopic (exact) mass is 1160 g/mol. The Balaban J connectivity index is 2.71. The topological polar surface area (TPSA) is 175 Å². The molecule has 0 aromatic heterocycles. The Bertz CT molecular complexity index is 1950. The second kappa shape index (κ2) is 57.3. The maximum Gasteiger partial charge on any atom is 0.335 e. The van der Waals surface area contributed by atoms with E-state index in [0.717, 1.165) is 128 Å². The number of unbranched alkanes of at least 4 members (excludes halogenated alkanes) is 18. The average molecular weight is 1160 g/mol. The summed E-state index contributed by atoms with van der Waals surface area (Å²) >= 11 is 0. The van der Waals surface area contributed by atoms with Crippen molar-refractivity contribution in [2.75, 3.05) is 13.2 Å². The standard InChI is InChI=1S/C71H112O12/c1-4-7-10-13-16-19-22-25-28-30-32-34-37-39-42-45-48-51-54-57-63(72)79-60-62(81-64(73)58-55-52-49-46-43-40-36-27-24-21-18-15-12-9-6-3)61-80-71-69(67(76)66(75)68(83-71)70(77)78)82-65(74)59-56-53-50-47-44-41-38-35-33-31-29-26-23-20-17-14-11-8-5-2/h7,9-10,12,16-21,25-29,32,34,36,43,46,52,55,62,66-69,71,75-76H,4-6,8,11,13-15,22-24,30-31,33,35,37-42,44-45,47-51,53-54,56-61H2,1-3H3,(H,77,78)/b10-7-,12-9-,19-16-,20-17-,21-18-,28-25-,29-26-,34-32-,36-27-,46-43-,55-52-. The zero-order chi connectivity index (χ0) is 60.3. The normalized spacial score (nSPS) is 18.5. The van der Waals surface area contributed by atoms with Crippen LogP contribution in [0.15, 0.2) is 134 Å². The number of rotatable bonds is 53. The van der Waals surface area contributed by atoms with Crippen molar-refractivity contribution in [1.29, 1.82) is 0 Å². The van der Waals surface area contributed by atoms with Gasteiger partial charge in [0.05, 0.1) is 13.0 Å². The van der Waals surface area contributed by atoms with Gasteiger partial charge < -0.3 is 39.0 Å². The lowest BCUT2D eigenvalue weighted by Gasteiger charge is -2.40. The highest BCUT2D eigenvalue weighted by molar-refractivity contribution is 5.74. The quantitative estimate of drug-likeness (QED) is 0.0228. The number of aliphatic hydroxyl groups is 2. The number of allylic oxidation sites excluding steroid dienone is 21. The van der Waals surface area contributed by atoms with Gasteiger partial charge in [-0.15, -0.1) is 0 Å². The molecule has 3 N–H and O–H groups in total. The largest absolute Gasteiger partial charge is 0.479 e. The number of hydrogen-bond acceptors (Lipinski definition) is 11. The van der Waals surface area contributed by atoms with E-state index < -0.39 is 67.3 Å². The predicted octanol–water partition coefficient (Wildman–Crippen LogP) is 17.3. The Hall–Kier alpha value is -5.14. The Morgan fingerprint density at radius 1 is 0.422 bits per heavy atom. The van der Waals surface area contributed by atoms with Crippen LogP contribution < -0.4 is 0 Å². The Labute approximate surface area is 502 Å². The molecule has 1 saturated heterocycles. The fourth-order valence-corrected chi connectivity index (χ4v) is 8.88. The summed E-state index contributed by atoms with van der Waals surface area (Å²) in [5, 5.41) is 31.6. The first-order valence-corrected chi connectivity index (χ1v) is 32.2. The van der Waals surface area contributed by atoms with Crippen molar-refractivity contribution in [3.63, 3.8) is 0 Å². The number of esters is 3. The van der Waals surface area contributed by atoms with E-state index in [9.17, 15) is 34.5 Å². The molecular weight excluding hydrogens is 1040 g/mol. The molecule has 1 aliphatic rings. The van der Waals surface area contributed by atoms with Crippen LogP contribution in [0.25, 0.3) is 0 Å². The van der Waals surface area contributed by atoms with Crippen LogP contribution >= 0.6 is 0 Å². The summed E-state index contributed by atoms with van der Waals surface area (Å²) in [5.74, 6) is -3.32. The van der Waals surface area contributed by atoms with Crippen molar-refractivity contribution < 1.29 is 58.2 Å². The highest BCUT2D eigenvalue weighted by atomic mass is 16.7. The van der Waals surface area contributed by atoms with Gasteiger partial charge in [0.1, 0.15) is 18.8 Å². The molecule has 0 radical (unpaired) electrons. The third-order valence-electron chi connectivity index (χ3n) is 13.7. The molecular formula is C71H112O12. The second-order valence-corrected chi connectivity index (χ2v) is 21.3. The van der Waals surface area contributed by atoms with E-state index in [1.165, 1.54) is 51.4 Å². The van der Waals surface area contributed by atoms with Crippen LogP contribution in [0.1, 0.15) is 239 Å². The lowest BCUT2D eigenvalue weighted by Crippen LogP contribution is -2.61. The molecule has 1 rings (SSSR count). The summed E-state index contributed by atoms with van der Waals surface area (Å²) in [6, 6.07) is 0. The minimum atomic E-state index is -1.93. The van der Waals surface area contributed by atoms with Gasteiger partial charge in [0.25, 0.3) is 0 Å². The number of carboxylic acids is 1. The minimum Gasteiger partial charge on any atom is -0.479 e. The maximum absolute atomic E-state index is 13.1. The van der Waals surface area contributed by atoms with Crippen LogP contribution in [-0.4, -0.2) is 89.2 Å². The van der Waals surface area contributed by atoms with Crippen LogP contribution in [0.2, 0.25) is 0 Å². The number of aliphatic carboxylic acids is 1. The van der Waals surface area contributed by atoms with E-state index in [1.54, 1.807) is 6.08 Å². The Kier molecular flexibility index (Phi) is 52.4. The van der Waals surface area contributed by atoms with Gasteiger partial charge >= 0.3 is 23.9 Å². The molecule has 0 saturated carbocycles. The van der Waals surface area contributed by atoms with E-state index in [-0.39, 0.29) is 25.9 Å². The Morgan fingerprint density at radius 2 is 0.795 bits per heavy atom. The summed E-state index contributed by atoms with van der Waals surface area (Å²) in [5.41, 5.74) is 0. The summed E-state index contributed by atoms with van der Waals surface area (Å²) in [7, 11) is 0. The molecule has 1 heterocycles. The first kappa shape index (κ1) is 75.9. The van der Waals surface area contributed by atoms with Gasteiger partial charge in [0, 0.05) is 12.8 Å².